The van der Waals surface area contributed by atoms with Crippen LogP contribution in [0.5, 0.6) is 5.75 Å². The molecule has 0 saturated heterocycles. The molecule has 1 heterocycles. The van der Waals surface area contributed by atoms with Crippen molar-refractivity contribution < 1.29 is 17.9 Å². The first-order chi connectivity index (χ1) is 15.1. The van der Waals surface area contributed by atoms with E-state index in [-0.39, 0.29) is 11.8 Å². The van der Waals surface area contributed by atoms with Crippen LogP contribution in [0.1, 0.15) is 19.4 Å². The zero-order chi connectivity index (χ0) is 23.4. The molecule has 0 aliphatic rings. The predicted octanol–water partition coefficient (Wildman–Crippen LogP) is 6.37. The van der Waals surface area contributed by atoms with Gasteiger partial charge in [0.25, 0.3) is 0 Å². The van der Waals surface area contributed by atoms with Gasteiger partial charge in [0, 0.05) is 34.9 Å². The monoisotopic (exact) mass is 443 g/mol. The molecule has 0 spiro atoms. The number of nitrogens with one attached hydrogen (secondary N) is 3. The third-order valence-corrected chi connectivity index (χ3v) is 4.52. The van der Waals surface area contributed by atoms with Crippen molar-refractivity contribution in [1.29, 1.82) is 0 Å². The maximum Gasteiger partial charge on any atom is 0.421 e. The van der Waals surface area contributed by atoms with Gasteiger partial charge in [-0.2, -0.15) is 18.2 Å². The first-order valence-electron chi connectivity index (χ1n) is 9.74. The molecule has 0 amide bonds. The van der Waals surface area contributed by atoms with Gasteiger partial charge in [-0.15, -0.1) is 6.58 Å². The van der Waals surface area contributed by atoms with Crippen LogP contribution >= 0.6 is 0 Å². The highest BCUT2D eigenvalue weighted by atomic mass is 19.4. The summed E-state index contributed by atoms with van der Waals surface area (Å²) in [5.41, 5.74) is 0.369. The lowest BCUT2D eigenvalue weighted by atomic mass is 10.1. The lowest BCUT2D eigenvalue weighted by Gasteiger charge is -2.23. The maximum atomic E-state index is 13.6. The molecule has 0 aliphatic carbocycles. The van der Waals surface area contributed by atoms with Crippen molar-refractivity contribution in [1.82, 2.24) is 9.97 Å². The van der Waals surface area contributed by atoms with Crippen molar-refractivity contribution >= 4 is 28.8 Å². The van der Waals surface area contributed by atoms with Gasteiger partial charge in [-0.1, -0.05) is 18.2 Å². The number of hydrogen-bond acceptors (Lipinski definition) is 6. The molecule has 2 aromatic carbocycles. The Balaban J connectivity index is 1.92. The van der Waals surface area contributed by atoms with Crippen LogP contribution in [0.15, 0.2) is 67.4 Å². The number of methoxy groups -OCH3 is 1. The van der Waals surface area contributed by atoms with Crippen molar-refractivity contribution in [2.75, 3.05) is 23.1 Å². The number of rotatable bonds is 8. The Bertz CT molecular complexity index is 1100. The Morgan fingerprint density at radius 3 is 2.28 bits per heavy atom. The molecule has 0 unspecified atom stereocenters. The molecule has 0 aliphatic heterocycles. The summed E-state index contributed by atoms with van der Waals surface area (Å²) in [6.45, 7) is 7.64. The minimum atomic E-state index is -4.63. The quantitative estimate of drug-likeness (QED) is 0.352. The molecule has 0 saturated carbocycles. The van der Waals surface area contributed by atoms with E-state index in [0.717, 1.165) is 11.9 Å². The summed E-state index contributed by atoms with van der Waals surface area (Å²) in [7, 11) is 1.52. The average Bonchev–Trinajstić information content (AvgIpc) is 2.73. The van der Waals surface area contributed by atoms with Gasteiger partial charge >= 0.3 is 6.18 Å². The Morgan fingerprint density at radius 2 is 1.62 bits per heavy atom. The van der Waals surface area contributed by atoms with Crippen molar-refractivity contribution in [2.24, 2.45) is 0 Å². The van der Waals surface area contributed by atoms with E-state index in [0.29, 0.717) is 17.1 Å². The molecule has 0 bridgehead atoms. The first-order valence-corrected chi connectivity index (χ1v) is 9.74. The van der Waals surface area contributed by atoms with Gasteiger partial charge in [0.05, 0.1) is 7.11 Å². The van der Waals surface area contributed by atoms with E-state index in [1.807, 2.05) is 19.9 Å². The SMILES string of the molecule is C=CC(C)(C)Nc1cccc(Nc2nc(Nc3cccc(OC)c3)ncc2C(F)(F)F)c1. The smallest absolute Gasteiger partial charge is 0.421 e. The summed E-state index contributed by atoms with van der Waals surface area (Å²) in [4.78, 5) is 7.90. The van der Waals surface area contributed by atoms with E-state index in [1.54, 1.807) is 48.5 Å². The third-order valence-electron chi connectivity index (χ3n) is 4.52. The Labute approximate surface area is 184 Å². The molecule has 0 atom stereocenters. The van der Waals surface area contributed by atoms with Crippen LogP contribution in [0.4, 0.5) is 42.0 Å². The van der Waals surface area contributed by atoms with Crippen LogP contribution in [0, 0.1) is 0 Å². The van der Waals surface area contributed by atoms with Gasteiger partial charge in [0.2, 0.25) is 5.95 Å². The Hall–Kier alpha value is -3.75. The molecule has 3 aromatic rings. The van der Waals surface area contributed by atoms with Crippen LogP contribution in [0.3, 0.4) is 0 Å². The summed E-state index contributed by atoms with van der Waals surface area (Å²) < 4.78 is 45.9. The van der Waals surface area contributed by atoms with E-state index in [4.69, 9.17) is 4.74 Å². The molecule has 6 nitrogen and oxygen atoms in total. The zero-order valence-corrected chi connectivity index (χ0v) is 17.9. The molecule has 1 aromatic heterocycles. The highest BCUT2D eigenvalue weighted by Crippen LogP contribution is 2.36. The van der Waals surface area contributed by atoms with Crippen molar-refractivity contribution in [2.45, 2.75) is 25.6 Å². The normalized spacial score (nSPS) is 11.6. The lowest BCUT2D eigenvalue weighted by molar-refractivity contribution is -0.137. The standard InChI is InChI=1S/C23H24F3N5O/c1-5-22(2,3)31-17-10-6-8-15(12-17)28-20-19(23(24,25)26)14-27-21(30-20)29-16-9-7-11-18(13-16)32-4/h5-14,31H,1H2,2-4H3,(H2,27,28,29,30). The highest BCUT2D eigenvalue weighted by molar-refractivity contribution is 5.67. The number of ether oxygens (including phenoxy) is 1. The minimum Gasteiger partial charge on any atom is -0.497 e. The summed E-state index contributed by atoms with van der Waals surface area (Å²) in [6.07, 6.45) is -2.13. The van der Waals surface area contributed by atoms with Gasteiger partial charge in [0.15, 0.2) is 0 Å². The fourth-order valence-corrected chi connectivity index (χ4v) is 2.81. The van der Waals surface area contributed by atoms with E-state index in [2.05, 4.69) is 32.5 Å². The van der Waals surface area contributed by atoms with E-state index >= 15 is 0 Å². The highest BCUT2D eigenvalue weighted by Gasteiger charge is 2.35. The number of benzene rings is 2. The number of halogens is 3. The van der Waals surface area contributed by atoms with Crippen molar-refractivity contribution in [3.63, 3.8) is 0 Å². The first kappa shape index (κ1) is 22.9. The van der Waals surface area contributed by atoms with Gasteiger partial charge in [-0.3, -0.25) is 0 Å². The molecular weight excluding hydrogens is 419 g/mol. The van der Waals surface area contributed by atoms with Crippen LogP contribution in [-0.4, -0.2) is 22.6 Å². The minimum absolute atomic E-state index is 0.0100. The third kappa shape index (κ3) is 5.90. The molecule has 32 heavy (non-hydrogen) atoms. The second-order valence-electron chi connectivity index (χ2n) is 7.57. The Morgan fingerprint density at radius 1 is 0.969 bits per heavy atom. The average molecular weight is 443 g/mol. The van der Waals surface area contributed by atoms with Gasteiger partial charge in [0.1, 0.15) is 17.1 Å². The van der Waals surface area contributed by atoms with Crippen molar-refractivity contribution in [3.8, 4) is 5.75 Å². The molecular formula is C23H24F3N5O. The summed E-state index contributed by atoms with van der Waals surface area (Å²) >= 11 is 0. The van der Waals surface area contributed by atoms with E-state index in [9.17, 15) is 13.2 Å². The number of anilines is 5. The second kappa shape index (κ2) is 9.17. The second-order valence-corrected chi connectivity index (χ2v) is 7.57. The van der Waals surface area contributed by atoms with Crippen molar-refractivity contribution in [3.05, 3.63) is 72.9 Å². The molecule has 0 radical (unpaired) electrons. The lowest BCUT2D eigenvalue weighted by Crippen LogP contribution is -2.27. The molecule has 3 rings (SSSR count). The van der Waals surface area contributed by atoms with Crippen LogP contribution in [0.2, 0.25) is 0 Å². The van der Waals surface area contributed by atoms with E-state index < -0.39 is 17.3 Å². The van der Waals surface area contributed by atoms with Gasteiger partial charge in [-0.05, 0) is 44.2 Å². The zero-order valence-electron chi connectivity index (χ0n) is 17.9. The van der Waals surface area contributed by atoms with Gasteiger partial charge in [-0.25, -0.2) is 4.98 Å². The largest absolute Gasteiger partial charge is 0.497 e. The maximum absolute atomic E-state index is 13.6. The number of nitrogens with zero attached hydrogens (tertiary/aromatic N) is 2. The van der Waals surface area contributed by atoms with Crippen LogP contribution in [-0.2, 0) is 6.18 Å². The molecule has 0 fully saturated rings. The van der Waals surface area contributed by atoms with E-state index in [1.165, 1.54) is 7.11 Å². The summed E-state index contributed by atoms with van der Waals surface area (Å²) in [5, 5.41) is 8.93. The number of alkyl halides is 3. The fraction of sp³-hybridized carbons (Fsp3) is 0.217. The predicted molar refractivity (Wildman–Crippen MR) is 121 cm³/mol. The number of hydrogen-bond donors (Lipinski definition) is 3. The summed E-state index contributed by atoms with van der Waals surface area (Å²) in [6, 6.07) is 13.8. The topological polar surface area (TPSA) is 71.1 Å². The Kier molecular flexibility index (Phi) is 6.57. The van der Waals surface area contributed by atoms with Crippen LogP contribution in [0.25, 0.3) is 0 Å². The summed E-state index contributed by atoms with van der Waals surface area (Å²) in [5.74, 6) is 0.237. The number of aromatic nitrogens is 2. The van der Waals surface area contributed by atoms with Crippen LogP contribution < -0.4 is 20.7 Å². The van der Waals surface area contributed by atoms with Gasteiger partial charge < -0.3 is 20.7 Å². The molecule has 168 valence electrons. The molecule has 3 N–H and O–H groups in total. The molecule has 9 heteroatoms. The fourth-order valence-electron chi connectivity index (χ4n) is 2.81.